The highest BCUT2D eigenvalue weighted by atomic mass is 19.1. The number of nitrogen functional groups attached to an aromatic ring is 1. The SMILES string of the molecule is CCCN(Cc1cc(F)ccc1C#N)c1ccc(N)cc1. The molecule has 0 radical (unpaired) electrons. The molecule has 2 rings (SSSR count). The topological polar surface area (TPSA) is 53.0 Å². The molecule has 0 fully saturated rings. The molecule has 0 saturated heterocycles. The van der Waals surface area contributed by atoms with Crippen molar-refractivity contribution in [3.63, 3.8) is 0 Å². The first kappa shape index (κ1) is 14.9. The van der Waals surface area contributed by atoms with Crippen molar-refractivity contribution in [2.75, 3.05) is 17.2 Å². The molecule has 0 unspecified atom stereocenters. The number of hydrogen-bond donors (Lipinski definition) is 1. The number of rotatable bonds is 5. The Morgan fingerprint density at radius 3 is 2.52 bits per heavy atom. The molecule has 0 heterocycles. The minimum Gasteiger partial charge on any atom is -0.399 e. The van der Waals surface area contributed by atoms with E-state index >= 15 is 0 Å². The Hall–Kier alpha value is -2.54. The number of nitrogens with zero attached hydrogens (tertiary/aromatic N) is 2. The fourth-order valence-electron chi connectivity index (χ4n) is 2.26. The molecule has 3 nitrogen and oxygen atoms in total. The number of benzene rings is 2. The Labute approximate surface area is 124 Å². The van der Waals surface area contributed by atoms with Gasteiger partial charge in [-0.25, -0.2) is 4.39 Å². The summed E-state index contributed by atoms with van der Waals surface area (Å²) in [7, 11) is 0. The third-order valence-electron chi connectivity index (χ3n) is 3.30. The molecular weight excluding hydrogens is 265 g/mol. The molecule has 0 aliphatic heterocycles. The van der Waals surface area contributed by atoms with Crippen molar-refractivity contribution in [3.05, 3.63) is 59.4 Å². The molecule has 21 heavy (non-hydrogen) atoms. The van der Waals surface area contributed by atoms with Crippen LogP contribution in [0.4, 0.5) is 15.8 Å². The van der Waals surface area contributed by atoms with Crippen LogP contribution in [0.2, 0.25) is 0 Å². The quantitative estimate of drug-likeness (QED) is 0.851. The molecule has 0 saturated carbocycles. The Balaban J connectivity index is 2.30. The van der Waals surface area contributed by atoms with Gasteiger partial charge in [-0.1, -0.05) is 6.92 Å². The number of hydrogen-bond acceptors (Lipinski definition) is 3. The van der Waals surface area contributed by atoms with Gasteiger partial charge in [0, 0.05) is 24.5 Å². The van der Waals surface area contributed by atoms with Crippen molar-refractivity contribution < 1.29 is 4.39 Å². The van der Waals surface area contributed by atoms with Crippen LogP contribution in [-0.4, -0.2) is 6.54 Å². The van der Waals surface area contributed by atoms with Crippen molar-refractivity contribution in [1.82, 2.24) is 0 Å². The molecule has 0 aliphatic rings. The second-order valence-electron chi connectivity index (χ2n) is 4.93. The summed E-state index contributed by atoms with van der Waals surface area (Å²) in [5.41, 5.74) is 8.63. The predicted octanol–water partition coefficient (Wildman–Crippen LogP) is 3.70. The number of nitrogens with two attached hydrogens (primary N) is 1. The van der Waals surface area contributed by atoms with Gasteiger partial charge < -0.3 is 10.6 Å². The van der Waals surface area contributed by atoms with Crippen LogP contribution in [0.25, 0.3) is 0 Å². The Morgan fingerprint density at radius 2 is 1.90 bits per heavy atom. The van der Waals surface area contributed by atoms with Gasteiger partial charge in [-0.15, -0.1) is 0 Å². The Kier molecular flexibility index (Phi) is 4.78. The Morgan fingerprint density at radius 1 is 1.19 bits per heavy atom. The van der Waals surface area contributed by atoms with E-state index in [4.69, 9.17) is 11.0 Å². The molecule has 0 bridgehead atoms. The van der Waals surface area contributed by atoms with Crippen molar-refractivity contribution >= 4 is 11.4 Å². The highest BCUT2D eigenvalue weighted by Crippen LogP contribution is 2.21. The lowest BCUT2D eigenvalue weighted by Gasteiger charge is -2.25. The summed E-state index contributed by atoms with van der Waals surface area (Å²) < 4.78 is 13.4. The van der Waals surface area contributed by atoms with Crippen LogP contribution in [-0.2, 0) is 6.54 Å². The molecule has 0 amide bonds. The van der Waals surface area contributed by atoms with E-state index in [1.807, 2.05) is 24.3 Å². The summed E-state index contributed by atoms with van der Waals surface area (Å²) in [5.74, 6) is -0.322. The van der Waals surface area contributed by atoms with E-state index in [9.17, 15) is 4.39 Å². The smallest absolute Gasteiger partial charge is 0.123 e. The fourth-order valence-corrected chi connectivity index (χ4v) is 2.26. The molecule has 0 aromatic heterocycles. The summed E-state index contributed by atoms with van der Waals surface area (Å²) in [6.45, 7) is 3.41. The van der Waals surface area contributed by atoms with Crippen molar-refractivity contribution in [1.29, 1.82) is 5.26 Å². The summed E-state index contributed by atoms with van der Waals surface area (Å²) in [4.78, 5) is 2.12. The van der Waals surface area contributed by atoms with Gasteiger partial charge in [0.2, 0.25) is 0 Å². The first-order valence-corrected chi connectivity index (χ1v) is 6.93. The van der Waals surface area contributed by atoms with E-state index in [1.165, 1.54) is 18.2 Å². The summed E-state index contributed by atoms with van der Waals surface area (Å²) in [6.07, 6.45) is 0.960. The van der Waals surface area contributed by atoms with E-state index < -0.39 is 0 Å². The third kappa shape index (κ3) is 3.73. The second kappa shape index (κ2) is 6.76. The average molecular weight is 283 g/mol. The van der Waals surface area contributed by atoms with Crippen LogP contribution in [0.15, 0.2) is 42.5 Å². The first-order valence-electron chi connectivity index (χ1n) is 6.93. The monoisotopic (exact) mass is 283 g/mol. The van der Waals surface area contributed by atoms with Crippen LogP contribution in [0, 0.1) is 17.1 Å². The van der Waals surface area contributed by atoms with Crippen molar-refractivity contribution in [2.45, 2.75) is 19.9 Å². The lowest BCUT2D eigenvalue weighted by Crippen LogP contribution is -2.24. The van der Waals surface area contributed by atoms with E-state index in [0.717, 1.165) is 18.7 Å². The zero-order valence-corrected chi connectivity index (χ0v) is 12.0. The molecule has 2 N–H and O–H groups in total. The van der Waals surface area contributed by atoms with Gasteiger partial charge in [-0.05, 0) is 54.4 Å². The van der Waals surface area contributed by atoms with Crippen molar-refractivity contribution in [3.8, 4) is 6.07 Å². The van der Waals surface area contributed by atoms with Gasteiger partial charge in [-0.3, -0.25) is 0 Å². The van der Waals surface area contributed by atoms with Gasteiger partial charge >= 0.3 is 0 Å². The highest BCUT2D eigenvalue weighted by molar-refractivity contribution is 5.54. The molecule has 108 valence electrons. The molecule has 0 atom stereocenters. The number of halogens is 1. The molecule has 2 aromatic rings. The summed E-state index contributed by atoms with van der Waals surface area (Å²) in [5, 5.41) is 9.15. The van der Waals surface area contributed by atoms with Crippen LogP contribution >= 0.6 is 0 Å². The van der Waals surface area contributed by atoms with E-state index in [0.29, 0.717) is 23.4 Å². The third-order valence-corrected chi connectivity index (χ3v) is 3.30. The maximum Gasteiger partial charge on any atom is 0.123 e. The van der Waals surface area contributed by atoms with Gasteiger partial charge in [-0.2, -0.15) is 5.26 Å². The van der Waals surface area contributed by atoms with E-state index in [1.54, 1.807) is 0 Å². The first-order chi connectivity index (χ1) is 10.1. The Bertz CT molecular complexity index is 644. The van der Waals surface area contributed by atoms with Crippen LogP contribution in [0.5, 0.6) is 0 Å². The molecule has 0 aliphatic carbocycles. The zero-order valence-electron chi connectivity index (χ0n) is 12.0. The molecular formula is C17H18FN3. The van der Waals surface area contributed by atoms with E-state index in [-0.39, 0.29) is 5.82 Å². The summed E-state index contributed by atoms with van der Waals surface area (Å²) in [6, 6.07) is 14.0. The predicted molar refractivity (Wildman–Crippen MR) is 83.3 cm³/mol. The minimum absolute atomic E-state index is 0.322. The number of anilines is 2. The fraction of sp³-hybridized carbons (Fsp3) is 0.235. The van der Waals surface area contributed by atoms with Crippen LogP contribution < -0.4 is 10.6 Å². The number of nitriles is 1. The minimum atomic E-state index is -0.322. The molecule has 2 aromatic carbocycles. The van der Waals surface area contributed by atoms with Crippen LogP contribution in [0.3, 0.4) is 0 Å². The average Bonchev–Trinajstić information content (AvgIpc) is 2.48. The summed E-state index contributed by atoms with van der Waals surface area (Å²) >= 11 is 0. The lowest BCUT2D eigenvalue weighted by molar-refractivity contribution is 0.624. The zero-order chi connectivity index (χ0) is 15.2. The standard InChI is InChI=1S/C17H18FN3/c1-2-9-21(17-7-5-16(20)6-8-17)12-14-10-15(18)4-3-13(14)11-19/h3-8,10H,2,9,12,20H2,1H3. The van der Waals surface area contributed by atoms with Gasteiger partial charge in [0.05, 0.1) is 11.6 Å². The lowest BCUT2D eigenvalue weighted by atomic mass is 10.1. The molecule has 0 spiro atoms. The molecule has 4 heteroatoms. The largest absolute Gasteiger partial charge is 0.399 e. The maximum atomic E-state index is 13.4. The van der Waals surface area contributed by atoms with Gasteiger partial charge in [0.25, 0.3) is 0 Å². The highest BCUT2D eigenvalue weighted by Gasteiger charge is 2.10. The van der Waals surface area contributed by atoms with Crippen LogP contribution in [0.1, 0.15) is 24.5 Å². The maximum absolute atomic E-state index is 13.4. The van der Waals surface area contributed by atoms with E-state index in [2.05, 4.69) is 17.9 Å². The van der Waals surface area contributed by atoms with Gasteiger partial charge in [0.15, 0.2) is 0 Å². The second-order valence-corrected chi connectivity index (χ2v) is 4.93. The van der Waals surface area contributed by atoms with Gasteiger partial charge in [0.1, 0.15) is 5.82 Å². The van der Waals surface area contributed by atoms with Crippen molar-refractivity contribution in [2.24, 2.45) is 0 Å². The normalized spacial score (nSPS) is 10.1.